The molecule has 0 aliphatic heterocycles. The van der Waals surface area contributed by atoms with E-state index in [-0.39, 0.29) is 38.3 Å². The third kappa shape index (κ3) is 6.97. The molecule has 2 rings (SSSR count). The zero-order valence-electron chi connectivity index (χ0n) is 17.1. The van der Waals surface area contributed by atoms with Gasteiger partial charge in [-0.15, -0.1) is 0 Å². The monoisotopic (exact) mass is 386 g/mol. The van der Waals surface area contributed by atoms with Gasteiger partial charge in [0.2, 0.25) is 0 Å². The maximum Gasteiger partial charge on any atom is 0.114 e. The summed E-state index contributed by atoms with van der Waals surface area (Å²) in [6.07, 6.45) is 15.2. The van der Waals surface area contributed by atoms with E-state index in [0.717, 1.165) is 51.4 Å². The van der Waals surface area contributed by atoms with E-state index in [1.807, 2.05) is 0 Å². The summed E-state index contributed by atoms with van der Waals surface area (Å²) >= 11 is 0. The van der Waals surface area contributed by atoms with E-state index < -0.39 is 11.2 Å². The molecule has 2 atom stereocenters. The zero-order chi connectivity index (χ0) is 19.6. The largest absolute Gasteiger partial charge is 0.393 e. The van der Waals surface area contributed by atoms with E-state index in [1.165, 1.54) is 38.5 Å². The molecule has 2 aliphatic rings. The maximum absolute atomic E-state index is 11.0. The van der Waals surface area contributed by atoms with Crippen molar-refractivity contribution in [2.45, 2.75) is 101 Å². The Morgan fingerprint density at radius 2 is 0.852 bits per heavy atom. The summed E-state index contributed by atoms with van der Waals surface area (Å²) in [5.41, 5.74) is -2.51. The van der Waals surface area contributed by atoms with Gasteiger partial charge in [-0.2, -0.15) is 0 Å². The van der Waals surface area contributed by atoms with E-state index in [9.17, 15) is 20.4 Å². The highest BCUT2D eigenvalue weighted by Crippen LogP contribution is 2.34. The standard InChI is InChI=1S/C22H42O5/c23-15-21(25,19-11-7-3-1-4-8-12-19)17-27-18-22(26,16-24)20-13-9-5-2-6-10-14-20/h19-20,23-26H,1-18H2. The number of hydrogen-bond acceptors (Lipinski definition) is 5. The molecule has 27 heavy (non-hydrogen) atoms. The summed E-state index contributed by atoms with van der Waals surface area (Å²) < 4.78 is 5.78. The van der Waals surface area contributed by atoms with Gasteiger partial charge in [-0.05, 0) is 37.5 Å². The minimum atomic E-state index is -1.26. The van der Waals surface area contributed by atoms with Crippen molar-refractivity contribution in [1.29, 1.82) is 0 Å². The lowest BCUT2D eigenvalue weighted by atomic mass is 9.78. The molecule has 5 nitrogen and oxygen atoms in total. The lowest BCUT2D eigenvalue weighted by Crippen LogP contribution is -2.50. The summed E-state index contributed by atoms with van der Waals surface area (Å²) in [4.78, 5) is 0. The van der Waals surface area contributed by atoms with Crippen molar-refractivity contribution in [2.75, 3.05) is 26.4 Å². The van der Waals surface area contributed by atoms with E-state index >= 15 is 0 Å². The van der Waals surface area contributed by atoms with E-state index in [2.05, 4.69) is 0 Å². The Kier molecular flexibility index (Phi) is 10.0. The van der Waals surface area contributed by atoms with Crippen molar-refractivity contribution < 1.29 is 25.2 Å². The van der Waals surface area contributed by atoms with Gasteiger partial charge in [0.05, 0.1) is 26.4 Å². The Morgan fingerprint density at radius 1 is 0.556 bits per heavy atom. The van der Waals surface area contributed by atoms with Gasteiger partial charge < -0.3 is 25.2 Å². The third-order valence-electron chi connectivity index (χ3n) is 6.98. The first kappa shape index (κ1) is 23.1. The van der Waals surface area contributed by atoms with Crippen LogP contribution in [0.25, 0.3) is 0 Å². The summed E-state index contributed by atoms with van der Waals surface area (Å²) in [5, 5.41) is 41.7. The molecule has 0 bridgehead atoms. The molecule has 4 N–H and O–H groups in total. The van der Waals surface area contributed by atoms with Gasteiger partial charge in [-0.1, -0.05) is 64.2 Å². The molecule has 0 heterocycles. The Bertz CT molecular complexity index is 352. The first-order valence-corrected chi connectivity index (χ1v) is 11.3. The average Bonchev–Trinajstić information content (AvgIpc) is 2.60. The number of hydrogen-bond donors (Lipinski definition) is 4. The molecule has 0 aromatic heterocycles. The highest BCUT2D eigenvalue weighted by atomic mass is 16.5. The predicted octanol–water partition coefficient (Wildman–Crippen LogP) is 3.17. The highest BCUT2D eigenvalue weighted by Gasteiger charge is 2.40. The van der Waals surface area contributed by atoms with Gasteiger partial charge in [0.1, 0.15) is 11.2 Å². The van der Waals surface area contributed by atoms with Crippen LogP contribution in [0.4, 0.5) is 0 Å². The fourth-order valence-corrected chi connectivity index (χ4v) is 4.98. The van der Waals surface area contributed by atoms with Crippen LogP contribution in [0.5, 0.6) is 0 Å². The van der Waals surface area contributed by atoms with E-state index in [1.54, 1.807) is 0 Å². The van der Waals surface area contributed by atoms with Crippen molar-refractivity contribution in [2.24, 2.45) is 11.8 Å². The van der Waals surface area contributed by atoms with Crippen LogP contribution in [0.1, 0.15) is 89.9 Å². The zero-order valence-corrected chi connectivity index (χ0v) is 17.1. The first-order valence-electron chi connectivity index (χ1n) is 11.3. The number of aliphatic hydroxyl groups is 4. The van der Waals surface area contributed by atoms with Gasteiger partial charge >= 0.3 is 0 Å². The molecule has 2 fully saturated rings. The Morgan fingerprint density at radius 3 is 1.15 bits per heavy atom. The Hall–Kier alpha value is -0.200. The summed E-state index contributed by atoms with van der Waals surface area (Å²) in [5.74, 6) is 0.0674. The highest BCUT2D eigenvalue weighted by molar-refractivity contribution is 4.90. The smallest absolute Gasteiger partial charge is 0.114 e. The van der Waals surface area contributed by atoms with Crippen molar-refractivity contribution in [1.82, 2.24) is 0 Å². The molecule has 2 saturated carbocycles. The second kappa shape index (κ2) is 11.7. The van der Waals surface area contributed by atoms with Crippen molar-refractivity contribution >= 4 is 0 Å². The van der Waals surface area contributed by atoms with Crippen LogP contribution in [0, 0.1) is 11.8 Å². The van der Waals surface area contributed by atoms with Crippen LogP contribution in [-0.2, 0) is 4.74 Å². The number of aliphatic hydroxyl groups excluding tert-OH is 2. The molecule has 0 aromatic carbocycles. The van der Waals surface area contributed by atoms with Crippen LogP contribution in [0.2, 0.25) is 0 Å². The normalized spacial score (nSPS) is 26.2. The molecule has 0 radical (unpaired) electrons. The van der Waals surface area contributed by atoms with Gasteiger partial charge in [-0.25, -0.2) is 0 Å². The third-order valence-corrected chi connectivity index (χ3v) is 6.98. The van der Waals surface area contributed by atoms with Crippen LogP contribution in [-0.4, -0.2) is 58.1 Å². The number of rotatable bonds is 8. The minimum absolute atomic E-state index is 0.0171. The van der Waals surface area contributed by atoms with Gasteiger partial charge in [0, 0.05) is 0 Å². The van der Waals surface area contributed by atoms with Crippen LogP contribution >= 0.6 is 0 Å². The van der Waals surface area contributed by atoms with Crippen molar-refractivity contribution in [3.63, 3.8) is 0 Å². The van der Waals surface area contributed by atoms with E-state index in [0.29, 0.717) is 0 Å². The van der Waals surface area contributed by atoms with Crippen LogP contribution in [0.3, 0.4) is 0 Å². The summed E-state index contributed by atoms with van der Waals surface area (Å²) in [6.45, 7) is -0.607. The summed E-state index contributed by atoms with van der Waals surface area (Å²) in [7, 11) is 0. The molecule has 0 amide bonds. The fraction of sp³-hybridized carbons (Fsp3) is 1.00. The Balaban J connectivity index is 1.90. The molecule has 160 valence electrons. The van der Waals surface area contributed by atoms with Crippen molar-refractivity contribution in [3.05, 3.63) is 0 Å². The molecule has 0 spiro atoms. The molecule has 2 aliphatic carbocycles. The topological polar surface area (TPSA) is 90.2 Å². The molecule has 2 unspecified atom stereocenters. The minimum Gasteiger partial charge on any atom is -0.393 e. The average molecular weight is 387 g/mol. The van der Waals surface area contributed by atoms with E-state index in [4.69, 9.17) is 4.74 Å². The molecule has 5 heteroatoms. The molecular formula is C22H42O5. The van der Waals surface area contributed by atoms with Gasteiger partial charge in [0.15, 0.2) is 0 Å². The van der Waals surface area contributed by atoms with Crippen molar-refractivity contribution in [3.8, 4) is 0 Å². The van der Waals surface area contributed by atoms with Gasteiger partial charge in [0.25, 0.3) is 0 Å². The maximum atomic E-state index is 11.0. The Labute approximate surface area is 165 Å². The molecular weight excluding hydrogens is 344 g/mol. The summed E-state index contributed by atoms with van der Waals surface area (Å²) in [6, 6.07) is 0. The fourth-order valence-electron chi connectivity index (χ4n) is 4.98. The second-order valence-electron chi connectivity index (χ2n) is 9.10. The lowest BCUT2D eigenvalue weighted by Gasteiger charge is -2.39. The second-order valence-corrected chi connectivity index (χ2v) is 9.10. The number of ether oxygens (including phenoxy) is 1. The van der Waals surface area contributed by atoms with Crippen LogP contribution in [0.15, 0.2) is 0 Å². The molecule has 0 aromatic rings. The predicted molar refractivity (Wildman–Crippen MR) is 107 cm³/mol. The first-order chi connectivity index (χ1) is 13.0. The van der Waals surface area contributed by atoms with Gasteiger partial charge in [-0.3, -0.25) is 0 Å². The molecule has 0 saturated heterocycles. The van der Waals surface area contributed by atoms with Crippen LogP contribution < -0.4 is 0 Å². The SMILES string of the molecule is OCC(O)(COCC(O)(CO)C1CCCCCCC1)C1CCCCCCC1. The quantitative estimate of drug-likeness (QED) is 0.514. The lowest BCUT2D eigenvalue weighted by molar-refractivity contribution is -0.162.